The summed E-state index contributed by atoms with van der Waals surface area (Å²) in [4.78, 5) is 14.7. The van der Waals surface area contributed by atoms with Crippen LogP contribution in [-0.4, -0.2) is 32.7 Å². The van der Waals surface area contributed by atoms with Gasteiger partial charge in [-0.05, 0) is 62.0 Å². The van der Waals surface area contributed by atoms with Gasteiger partial charge in [0.2, 0.25) is 5.91 Å². The van der Waals surface area contributed by atoms with Gasteiger partial charge in [-0.25, -0.2) is 0 Å². The van der Waals surface area contributed by atoms with Crippen molar-refractivity contribution in [2.45, 2.75) is 32.1 Å². The van der Waals surface area contributed by atoms with Crippen molar-refractivity contribution < 1.29 is 9.53 Å². The van der Waals surface area contributed by atoms with E-state index in [2.05, 4.69) is 22.3 Å². The number of rotatable bonds is 7. The van der Waals surface area contributed by atoms with Gasteiger partial charge in [-0.3, -0.25) is 4.79 Å². The number of carbonyl (C=O) groups excluding carboxylic acids is 1. The fourth-order valence-corrected chi connectivity index (χ4v) is 3.96. The topological polar surface area (TPSA) is 41.6 Å². The normalized spacial score (nSPS) is 22.6. The molecule has 1 N–H and O–H groups in total. The number of benzene rings is 1. The molecule has 0 radical (unpaired) electrons. The van der Waals surface area contributed by atoms with Gasteiger partial charge < -0.3 is 15.0 Å². The minimum atomic E-state index is 0.115. The molecule has 1 heterocycles. The highest BCUT2D eigenvalue weighted by Gasteiger charge is 2.36. The van der Waals surface area contributed by atoms with Crippen LogP contribution in [0, 0.1) is 17.8 Å². The quantitative estimate of drug-likeness (QED) is 0.774. The lowest BCUT2D eigenvalue weighted by Crippen LogP contribution is -2.30. The Bertz CT molecular complexity index is 648. The number of para-hydroxylation sites is 2. The number of hydrogen-bond donors (Lipinski definition) is 1. The Morgan fingerprint density at radius 1 is 1.20 bits per heavy atom. The van der Waals surface area contributed by atoms with Gasteiger partial charge in [0, 0.05) is 25.7 Å². The molecule has 1 aromatic carbocycles. The maximum Gasteiger partial charge on any atom is 0.243 e. The van der Waals surface area contributed by atoms with E-state index in [-0.39, 0.29) is 5.91 Å². The van der Waals surface area contributed by atoms with Crippen molar-refractivity contribution in [3.8, 4) is 5.75 Å². The summed E-state index contributed by atoms with van der Waals surface area (Å²) >= 11 is 0. The molecule has 3 aliphatic rings. The number of allylic oxidation sites excluding steroid dienone is 1. The lowest BCUT2D eigenvalue weighted by Gasteiger charge is -2.21. The molecule has 1 aromatic rings. The predicted molar refractivity (Wildman–Crippen MR) is 99.9 cm³/mol. The van der Waals surface area contributed by atoms with Crippen LogP contribution in [0.1, 0.15) is 32.1 Å². The molecule has 2 aliphatic carbocycles. The molecule has 1 aliphatic heterocycles. The molecular weight excluding hydrogens is 312 g/mol. The first-order chi connectivity index (χ1) is 12.2. The van der Waals surface area contributed by atoms with E-state index in [1.54, 1.807) is 7.11 Å². The minimum Gasteiger partial charge on any atom is -0.495 e. The van der Waals surface area contributed by atoms with E-state index in [1.165, 1.54) is 31.3 Å². The Morgan fingerprint density at radius 2 is 1.92 bits per heavy atom. The highest BCUT2D eigenvalue weighted by atomic mass is 16.5. The van der Waals surface area contributed by atoms with Gasteiger partial charge >= 0.3 is 0 Å². The third-order valence-corrected chi connectivity index (χ3v) is 5.67. The van der Waals surface area contributed by atoms with Crippen LogP contribution < -0.4 is 15.0 Å². The molecule has 134 valence electrons. The summed E-state index contributed by atoms with van der Waals surface area (Å²) in [5, 5.41) is 3.15. The van der Waals surface area contributed by atoms with Crippen molar-refractivity contribution in [2.75, 3.05) is 31.6 Å². The Hall–Kier alpha value is -1.97. The smallest absolute Gasteiger partial charge is 0.243 e. The first-order valence-corrected chi connectivity index (χ1v) is 9.62. The van der Waals surface area contributed by atoms with Gasteiger partial charge in [-0.1, -0.05) is 17.7 Å². The van der Waals surface area contributed by atoms with Gasteiger partial charge in [-0.15, -0.1) is 0 Å². The third-order valence-electron chi connectivity index (χ3n) is 5.67. The predicted octanol–water partition coefficient (Wildman–Crippen LogP) is 3.38. The zero-order valence-corrected chi connectivity index (χ0v) is 15.0. The van der Waals surface area contributed by atoms with Gasteiger partial charge in [-0.2, -0.15) is 0 Å². The number of nitrogens with zero attached hydrogens (tertiary/aromatic N) is 1. The average Bonchev–Trinajstić information content (AvgIpc) is 3.56. The summed E-state index contributed by atoms with van der Waals surface area (Å²) in [6.45, 7) is 2.76. The summed E-state index contributed by atoms with van der Waals surface area (Å²) in [5.74, 6) is 2.97. The maximum atomic E-state index is 12.3. The van der Waals surface area contributed by atoms with Crippen molar-refractivity contribution in [3.05, 3.63) is 35.9 Å². The minimum absolute atomic E-state index is 0.115. The molecule has 4 heteroatoms. The standard InChI is InChI=1S/C21H28N2O2/c1-25-20-5-3-2-4-19(20)23-11-10-15(14-23)13-22-21(24)12-18(16-6-7-16)17-8-9-17/h2-5,12,15-17H,6-11,13-14H2,1H3,(H,22,24)/t15-/m1/s1. The number of amides is 1. The second-order valence-corrected chi connectivity index (χ2v) is 7.71. The van der Waals surface area contributed by atoms with E-state index in [9.17, 15) is 4.79 Å². The molecule has 1 amide bonds. The van der Waals surface area contributed by atoms with Crippen LogP contribution >= 0.6 is 0 Å². The number of hydrogen-bond acceptors (Lipinski definition) is 3. The molecular formula is C21H28N2O2. The number of nitrogens with one attached hydrogen (secondary N) is 1. The molecule has 1 saturated heterocycles. The van der Waals surface area contributed by atoms with Crippen molar-refractivity contribution in [3.63, 3.8) is 0 Å². The van der Waals surface area contributed by atoms with Gasteiger partial charge in [0.25, 0.3) is 0 Å². The van der Waals surface area contributed by atoms with Crippen LogP contribution in [0.2, 0.25) is 0 Å². The van der Waals surface area contributed by atoms with Crippen molar-refractivity contribution in [1.29, 1.82) is 0 Å². The molecule has 3 fully saturated rings. The van der Waals surface area contributed by atoms with Gasteiger partial charge in [0.05, 0.1) is 12.8 Å². The first kappa shape index (κ1) is 16.5. The van der Waals surface area contributed by atoms with Gasteiger partial charge in [0.15, 0.2) is 0 Å². The van der Waals surface area contributed by atoms with E-state index >= 15 is 0 Å². The van der Waals surface area contributed by atoms with Crippen LogP contribution in [0.5, 0.6) is 5.75 Å². The molecule has 2 saturated carbocycles. The fourth-order valence-electron chi connectivity index (χ4n) is 3.96. The zero-order valence-electron chi connectivity index (χ0n) is 15.0. The first-order valence-electron chi connectivity index (χ1n) is 9.62. The molecule has 4 rings (SSSR count). The van der Waals surface area contributed by atoms with Crippen molar-refractivity contribution in [2.24, 2.45) is 17.8 Å². The lowest BCUT2D eigenvalue weighted by atomic mass is 10.1. The van der Waals surface area contributed by atoms with Crippen LogP contribution in [0.25, 0.3) is 0 Å². The molecule has 0 unspecified atom stereocenters. The lowest BCUT2D eigenvalue weighted by molar-refractivity contribution is -0.116. The van der Waals surface area contributed by atoms with Crippen molar-refractivity contribution in [1.82, 2.24) is 5.32 Å². The molecule has 0 spiro atoms. The summed E-state index contributed by atoms with van der Waals surface area (Å²) < 4.78 is 5.47. The maximum absolute atomic E-state index is 12.3. The number of anilines is 1. The number of methoxy groups -OCH3 is 1. The summed E-state index contributed by atoms with van der Waals surface area (Å²) in [7, 11) is 1.72. The second kappa shape index (κ2) is 7.11. The average molecular weight is 340 g/mol. The van der Waals surface area contributed by atoms with Crippen molar-refractivity contribution >= 4 is 11.6 Å². The summed E-state index contributed by atoms with van der Waals surface area (Å²) in [6, 6.07) is 8.17. The number of ether oxygens (including phenoxy) is 1. The monoisotopic (exact) mass is 340 g/mol. The SMILES string of the molecule is COc1ccccc1N1CC[C@H](CNC(=O)C=C(C2CC2)C2CC2)C1. The van der Waals surface area contributed by atoms with Crippen LogP contribution in [0.3, 0.4) is 0 Å². The largest absolute Gasteiger partial charge is 0.495 e. The fraction of sp³-hybridized carbons (Fsp3) is 0.571. The highest BCUT2D eigenvalue weighted by molar-refractivity contribution is 5.88. The Morgan fingerprint density at radius 3 is 2.60 bits per heavy atom. The molecule has 0 aromatic heterocycles. The van der Waals surface area contributed by atoms with Crippen LogP contribution in [-0.2, 0) is 4.79 Å². The Labute approximate surface area is 150 Å². The van der Waals surface area contributed by atoms with E-state index in [1.807, 2.05) is 18.2 Å². The summed E-state index contributed by atoms with van der Waals surface area (Å²) in [6.07, 6.45) is 8.17. The highest BCUT2D eigenvalue weighted by Crippen LogP contribution is 2.48. The zero-order chi connectivity index (χ0) is 17.2. The number of carbonyl (C=O) groups is 1. The molecule has 1 atom stereocenters. The van der Waals surface area contributed by atoms with E-state index in [4.69, 9.17) is 4.74 Å². The summed E-state index contributed by atoms with van der Waals surface area (Å²) in [5.41, 5.74) is 2.59. The third kappa shape index (κ3) is 4.00. The molecule has 25 heavy (non-hydrogen) atoms. The second-order valence-electron chi connectivity index (χ2n) is 7.71. The van der Waals surface area contributed by atoms with Gasteiger partial charge in [0.1, 0.15) is 5.75 Å². The Kier molecular flexibility index (Phi) is 4.69. The van der Waals surface area contributed by atoms with E-state index < -0.39 is 0 Å². The van der Waals surface area contributed by atoms with Crippen LogP contribution in [0.15, 0.2) is 35.9 Å². The Balaban J connectivity index is 1.29. The van der Waals surface area contributed by atoms with E-state index in [0.29, 0.717) is 17.8 Å². The van der Waals surface area contributed by atoms with Crippen LogP contribution in [0.4, 0.5) is 5.69 Å². The molecule has 0 bridgehead atoms. The molecule has 4 nitrogen and oxygen atoms in total. The van der Waals surface area contributed by atoms with E-state index in [0.717, 1.165) is 37.5 Å².